The Balaban J connectivity index is 1.87. The molecule has 1 aliphatic rings. The largest absolute Gasteiger partial charge is 0.493 e. The van der Waals surface area contributed by atoms with Gasteiger partial charge in [0, 0.05) is 10.4 Å². The standard InChI is InChI=1S/C12H13ClO3/c13-9-1-3-10(4-2-9)16-8-12(5-6-12)7-11(14)15/h1-4H,5-8H2,(H,14,15). The highest BCUT2D eigenvalue weighted by atomic mass is 35.5. The number of rotatable bonds is 5. The van der Waals surface area contributed by atoms with Gasteiger partial charge in [0.1, 0.15) is 5.75 Å². The lowest BCUT2D eigenvalue weighted by Gasteiger charge is -2.13. The fraction of sp³-hybridized carbons (Fsp3) is 0.417. The van der Waals surface area contributed by atoms with E-state index in [1.165, 1.54) is 0 Å². The van der Waals surface area contributed by atoms with Gasteiger partial charge >= 0.3 is 5.97 Å². The highest BCUT2D eigenvalue weighted by molar-refractivity contribution is 6.30. The summed E-state index contributed by atoms with van der Waals surface area (Å²) in [5, 5.41) is 9.42. The van der Waals surface area contributed by atoms with Crippen molar-refractivity contribution in [3.05, 3.63) is 29.3 Å². The van der Waals surface area contributed by atoms with Crippen molar-refractivity contribution < 1.29 is 14.6 Å². The molecule has 0 bridgehead atoms. The third kappa shape index (κ3) is 2.89. The van der Waals surface area contributed by atoms with Crippen LogP contribution in [0.25, 0.3) is 0 Å². The minimum atomic E-state index is -0.753. The molecule has 2 rings (SSSR count). The van der Waals surface area contributed by atoms with E-state index in [0.29, 0.717) is 11.6 Å². The van der Waals surface area contributed by atoms with Crippen molar-refractivity contribution in [1.82, 2.24) is 0 Å². The van der Waals surface area contributed by atoms with Crippen molar-refractivity contribution in [2.24, 2.45) is 5.41 Å². The maximum atomic E-state index is 10.6. The Bertz CT molecular complexity index is 382. The highest BCUT2D eigenvalue weighted by Crippen LogP contribution is 2.48. The Hall–Kier alpha value is -1.22. The van der Waals surface area contributed by atoms with E-state index in [-0.39, 0.29) is 11.8 Å². The van der Waals surface area contributed by atoms with Crippen LogP contribution in [0.15, 0.2) is 24.3 Å². The average molecular weight is 241 g/mol. The number of halogens is 1. The molecular formula is C12H13ClO3. The third-order valence-electron chi connectivity index (χ3n) is 2.84. The SMILES string of the molecule is O=C(O)CC1(COc2ccc(Cl)cc2)CC1. The Morgan fingerprint density at radius 2 is 2.00 bits per heavy atom. The van der Waals surface area contributed by atoms with Crippen LogP contribution >= 0.6 is 11.6 Å². The van der Waals surface area contributed by atoms with Gasteiger partial charge in [0.05, 0.1) is 13.0 Å². The number of carboxylic acid groups (broad SMARTS) is 1. The normalized spacial score (nSPS) is 16.8. The van der Waals surface area contributed by atoms with E-state index < -0.39 is 5.97 Å². The topological polar surface area (TPSA) is 46.5 Å². The zero-order chi connectivity index (χ0) is 11.6. The van der Waals surface area contributed by atoms with E-state index in [1.54, 1.807) is 24.3 Å². The molecule has 0 heterocycles. The number of benzene rings is 1. The Morgan fingerprint density at radius 3 is 2.50 bits per heavy atom. The van der Waals surface area contributed by atoms with Crippen molar-refractivity contribution in [2.45, 2.75) is 19.3 Å². The molecule has 1 aliphatic carbocycles. The van der Waals surface area contributed by atoms with E-state index in [4.69, 9.17) is 21.4 Å². The summed E-state index contributed by atoms with van der Waals surface area (Å²) in [6, 6.07) is 7.10. The van der Waals surface area contributed by atoms with E-state index in [1.807, 2.05) is 0 Å². The summed E-state index contributed by atoms with van der Waals surface area (Å²) >= 11 is 5.75. The van der Waals surface area contributed by atoms with Gasteiger partial charge in [-0.25, -0.2) is 0 Å². The molecule has 1 aromatic carbocycles. The molecule has 1 saturated carbocycles. The number of aliphatic carboxylic acids is 1. The summed E-state index contributed by atoms with van der Waals surface area (Å²) < 4.78 is 5.57. The van der Waals surface area contributed by atoms with Crippen molar-refractivity contribution in [3.63, 3.8) is 0 Å². The van der Waals surface area contributed by atoms with Crippen LogP contribution in [-0.2, 0) is 4.79 Å². The zero-order valence-electron chi connectivity index (χ0n) is 8.78. The van der Waals surface area contributed by atoms with Crippen LogP contribution < -0.4 is 4.74 Å². The minimum Gasteiger partial charge on any atom is -0.493 e. The molecule has 16 heavy (non-hydrogen) atoms. The lowest BCUT2D eigenvalue weighted by atomic mass is 10.0. The summed E-state index contributed by atoms with van der Waals surface area (Å²) in [6.07, 6.45) is 2.07. The summed E-state index contributed by atoms with van der Waals surface area (Å²) in [5.41, 5.74) is -0.133. The fourth-order valence-corrected chi connectivity index (χ4v) is 1.76. The maximum Gasteiger partial charge on any atom is 0.304 e. The van der Waals surface area contributed by atoms with Gasteiger partial charge in [0.15, 0.2) is 0 Å². The first-order valence-electron chi connectivity index (χ1n) is 5.20. The first-order valence-corrected chi connectivity index (χ1v) is 5.58. The van der Waals surface area contributed by atoms with Gasteiger partial charge < -0.3 is 9.84 Å². The second-order valence-corrected chi connectivity index (χ2v) is 4.75. The van der Waals surface area contributed by atoms with E-state index in [2.05, 4.69) is 0 Å². The molecule has 3 nitrogen and oxygen atoms in total. The molecule has 0 aromatic heterocycles. The number of carbonyl (C=O) groups is 1. The smallest absolute Gasteiger partial charge is 0.304 e. The average Bonchev–Trinajstić information content (AvgIpc) is 2.97. The van der Waals surface area contributed by atoms with Crippen molar-refractivity contribution in [1.29, 1.82) is 0 Å². The Labute approximate surface area is 99.0 Å². The second kappa shape index (κ2) is 4.34. The molecule has 1 aromatic rings. The fourth-order valence-electron chi connectivity index (χ4n) is 1.64. The highest BCUT2D eigenvalue weighted by Gasteiger charge is 2.45. The van der Waals surface area contributed by atoms with E-state index in [9.17, 15) is 4.79 Å². The predicted molar refractivity (Wildman–Crippen MR) is 60.9 cm³/mol. The number of carboxylic acids is 1. The van der Waals surface area contributed by atoms with Crippen LogP contribution in [0.5, 0.6) is 5.75 Å². The molecule has 0 saturated heterocycles. The van der Waals surface area contributed by atoms with Gasteiger partial charge in [-0.1, -0.05) is 11.6 Å². The Morgan fingerprint density at radius 1 is 1.38 bits per heavy atom. The molecule has 1 fully saturated rings. The summed E-state index contributed by atoms with van der Waals surface area (Å²) in [4.78, 5) is 10.6. The van der Waals surface area contributed by atoms with Crippen LogP contribution in [-0.4, -0.2) is 17.7 Å². The second-order valence-electron chi connectivity index (χ2n) is 4.31. The molecule has 1 N–H and O–H groups in total. The monoisotopic (exact) mass is 240 g/mol. The van der Waals surface area contributed by atoms with E-state index >= 15 is 0 Å². The van der Waals surface area contributed by atoms with Crippen LogP contribution in [0.2, 0.25) is 5.02 Å². The molecule has 0 unspecified atom stereocenters. The summed E-state index contributed by atoms with van der Waals surface area (Å²) in [6.45, 7) is 0.473. The molecule has 0 amide bonds. The molecule has 4 heteroatoms. The first kappa shape index (κ1) is 11.3. The predicted octanol–water partition coefficient (Wildman–Crippen LogP) is 2.97. The van der Waals surface area contributed by atoms with Gasteiger partial charge in [0.2, 0.25) is 0 Å². The van der Waals surface area contributed by atoms with Gasteiger partial charge in [-0.15, -0.1) is 0 Å². The lowest BCUT2D eigenvalue weighted by Crippen LogP contribution is -2.17. The van der Waals surface area contributed by atoms with Crippen LogP contribution in [0.1, 0.15) is 19.3 Å². The molecule has 0 spiro atoms. The molecule has 86 valence electrons. The molecule has 0 atom stereocenters. The van der Waals surface area contributed by atoms with Gasteiger partial charge in [-0.3, -0.25) is 4.79 Å². The lowest BCUT2D eigenvalue weighted by molar-refractivity contribution is -0.138. The molecule has 0 radical (unpaired) electrons. The quantitative estimate of drug-likeness (QED) is 0.861. The van der Waals surface area contributed by atoms with E-state index in [0.717, 1.165) is 18.6 Å². The minimum absolute atomic E-state index is 0.133. The van der Waals surface area contributed by atoms with Crippen LogP contribution in [0.3, 0.4) is 0 Å². The molecular weight excluding hydrogens is 228 g/mol. The van der Waals surface area contributed by atoms with Gasteiger partial charge in [0.25, 0.3) is 0 Å². The number of hydrogen-bond donors (Lipinski definition) is 1. The maximum absolute atomic E-state index is 10.6. The summed E-state index contributed by atoms with van der Waals surface area (Å²) in [5.74, 6) is -0.0155. The number of ether oxygens (including phenoxy) is 1. The van der Waals surface area contributed by atoms with Crippen molar-refractivity contribution in [3.8, 4) is 5.75 Å². The van der Waals surface area contributed by atoms with Crippen LogP contribution in [0, 0.1) is 5.41 Å². The zero-order valence-corrected chi connectivity index (χ0v) is 9.54. The van der Waals surface area contributed by atoms with Crippen LogP contribution in [0.4, 0.5) is 0 Å². The Kier molecular flexibility index (Phi) is 3.06. The summed E-state index contributed by atoms with van der Waals surface area (Å²) in [7, 11) is 0. The van der Waals surface area contributed by atoms with Crippen molar-refractivity contribution in [2.75, 3.05) is 6.61 Å². The third-order valence-corrected chi connectivity index (χ3v) is 3.09. The number of hydrogen-bond acceptors (Lipinski definition) is 2. The van der Waals surface area contributed by atoms with Gasteiger partial charge in [-0.05, 0) is 37.1 Å². The van der Waals surface area contributed by atoms with Gasteiger partial charge in [-0.2, -0.15) is 0 Å². The first-order chi connectivity index (χ1) is 7.60. The van der Waals surface area contributed by atoms with Crippen molar-refractivity contribution >= 4 is 17.6 Å². The molecule has 0 aliphatic heterocycles.